The van der Waals surface area contributed by atoms with Gasteiger partial charge in [0.25, 0.3) is 11.8 Å². The maximum absolute atomic E-state index is 12.9. The molecule has 4 rings (SSSR count). The van der Waals surface area contributed by atoms with Crippen LogP contribution in [0.15, 0.2) is 36.4 Å². The van der Waals surface area contributed by atoms with Crippen molar-refractivity contribution in [2.24, 2.45) is 0 Å². The molecule has 1 saturated heterocycles. The predicted molar refractivity (Wildman–Crippen MR) is 113 cm³/mol. The minimum Gasteiger partial charge on any atom is -0.351 e. The monoisotopic (exact) mass is 417 g/mol. The van der Waals surface area contributed by atoms with Crippen molar-refractivity contribution in [3.05, 3.63) is 57.6 Å². The molecule has 146 valence electrons. The van der Waals surface area contributed by atoms with E-state index in [0.717, 1.165) is 38.0 Å². The number of nitrogens with zero attached hydrogens (tertiary/aromatic N) is 2. The van der Waals surface area contributed by atoms with Gasteiger partial charge < -0.3 is 15.1 Å². The molecule has 28 heavy (non-hydrogen) atoms. The Morgan fingerprint density at radius 2 is 1.96 bits per heavy atom. The van der Waals surface area contributed by atoms with Gasteiger partial charge in [-0.15, -0.1) is 0 Å². The van der Waals surface area contributed by atoms with Gasteiger partial charge in [-0.3, -0.25) is 9.59 Å². The van der Waals surface area contributed by atoms with Crippen LogP contribution in [0, 0.1) is 0 Å². The summed E-state index contributed by atoms with van der Waals surface area (Å²) in [6, 6.07) is 10.2. The first-order chi connectivity index (χ1) is 13.5. The average molecular weight is 418 g/mol. The van der Waals surface area contributed by atoms with Crippen LogP contribution >= 0.6 is 23.2 Å². The number of fused-ring (bicyclic) bond motifs is 2. The van der Waals surface area contributed by atoms with Gasteiger partial charge >= 0.3 is 0 Å². The van der Waals surface area contributed by atoms with Crippen molar-refractivity contribution in [3.8, 4) is 0 Å². The lowest BCUT2D eigenvalue weighted by Gasteiger charge is -2.47. The summed E-state index contributed by atoms with van der Waals surface area (Å²) in [4.78, 5) is 29.9. The van der Waals surface area contributed by atoms with E-state index < -0.39 is 0 Å². The zero-order valence-corrected chi connectivity index (χ0v) is 17.1. The van der Waals surface area contributed by atoms with Crippen LogP contribution in [0.25, 0.3) is 0 Å². The highest BCUT2D eigenvalue weighted by Gasteiger charge is 2.38. The van der Waals surface area contributed by atoms with Crippen LogP contribution in [0.4, 0.5) is 11.4 Å². The summed E-state index contributed by atoms with van der Waals surface area (Å²) in [6.07, 6.45) is 3.18. The van der Waals surface area contributed by atoms with E-state index in [1.165, 1.54) is 0 Å². The second-order valence-corrected chi connectivity index (χ2v) is 7.89. The van der Waals surface area contributed by atoms with Crippen molar-refractivity contribution < 1.29 is 9.59 Å². The fourth-order valence-electron chi connectivity index (χ4n) is 4.04. The molecule has 0 aliphatic carbocycles. The molecule has 5 nitrogen and oxygen atoms in total. The van der Waals surface area contributed by atoms with Crippen LogP contribution in [-0.2, 0) is 0 Å². The number of benzene rings is 2. The van der Waals surface area contributed by atoms with E-state index in [4.69, 9.17) is 23.2 Å². The molecule has 2 amide bonds. The number of halogens is 2. The lowest BCUT2D eigenvalue weighted by molar-refractivity contribution is 0.0582. The van der Waals surface area contributed by atoms with Crippen molar-refractivity contribution >= 4 is 46.4 Å². The molecule has 2 aliphatic rings. The molecule has 7 heteroatoms. The molecular formula is C21H21Cl2N3O2. The molecule has 1 atom stereocenters. The third-order valence-corrected chi connectivity index (χ3v) is 6.15. The van der Waals surface area contributed by atoms with Crippen molar-refractivity contribution in [1.82, 2.24) is 4.90 Å². The fourth-order valence-corrected chi connectivity index (χ4v) is 4.34. The van der Waals surface area contributed by atoms with Gasteiger partial charge in [-0.2, -0.15) is 0 Å². The normalized spacial score (nSPS) is 18.5. The van der Waals surface area contributed by atoms with E-state index in [2.05, 4.69) is 17.1 Å². The Balaban J connectivity index is 1.65. The molecule has 0 aromatic heterocycles. The topological polar surface area (TPSA) is 52.7 Å². The van der Waals surface area contributed by atoms with Crippen LogP contribution in [0.2, 0.25) is 10.0 Å². The first-order valence-corrected chi connectivity index (χ1v) is 10.2. The smallest absolute Gasteiger partial charge is 0.257 e. The summed E-state index contributed by atoms with van der Waals surface area (Å²) in [7, 11) is 0. The predicted octanol–water partition coefficient (Wildman–Crippen LogP) is 5.04. The van der Waals surface area contributed by atoms with Gasteiger partial charge in [-0.1, -0.05) is 23.2 Å². The van der Waals surface area contributed by atoms with Crippen LogP contribution in [0.5, 0.6) is 0 Å². The average Bonchev–Trinajstić information content (AvgIpc) is 2.71. The van der Waals surface area contributed by atoms with Crippen molar-refractivity contribution in [3.63, 3.8) is 0 Å². The summed E-state index contributed by atoms with van der Waals surface area (Å²) in [5, 5.41) is 3.65. The lowest BCUT2D eigenvalue weighted by Crippen LogP contribution is -2.57. The number of hydrogen-bond donors (Lipinski definition) is 1. The molecule has 1 fully saturated rings. The van der Waals surface area contributed by atoms with Crippen molar-refractivity contribution in [2.75, 3.05) is 23.3 Å². The Morgan fingerprint density at radius 1 is 1.14 bits per heavy atom. The van der Waals surface area contributed by atoms with E-state index in [1.54, 1.807) is 30.3 Å². The number of carbonyl (C=O) groups excluding carboxylic acids is 2. The molecule has 1 unspecified atom stereocenters. The van der Waals surface area contributed by atoms with E-state index in [0.29, 0.717) is 26.9 Å². The highest BCUT2D eigenvalue weighted by molar-refractivity contribution is 6.42. The third kappa shape index (κ3) is 3.33. The summed E-state index contributed by atoms with van der Waals surface area (Å²) in [5.41, 5.74) is 2.56. The summed E-state index contributed by atoms with van der Waals surface area (Å²) in [6.45, 7) is 3.65. The van der Waals surface area contributed by atoms with E-state index >= 15 is 0 Å². The number of piperidine rings is 1. The number of rotatable bonds is 3. The van der Waals surface area contributed by atoms with Crippen molar-refractivity contribution in [1.29, 1.82) is 0 Å². The summed E-state index contributed by atoms with van der Waals surface area (Å²) < 4.78 is 0. The van der Waals surface area contributed by atoms with Gasteiger partial charge in [0, 0.05) is 24.3 Å². The largest absolute Gasteiger partial charge is 0.351 e. The SMILES string of the molecule is CCN1c2cc(C(=O)Nc3ccc(Cl)c(Cl)c3)ccc2C(=O)N2CCCCC21. The van der Waals surface area contributed by atoms with E-state index in [1.807, 2.05) is 11.0 Å². The van der Waals surface area contributed by atoms with Crippen molar-refractivity contribution in [2.45, 2.75) is 32.4 Å². The maximum atomic E-state index is 12.9. The first-order valence-electron chi connectivity index (χ1n) is 9.47. The maximum Gasteiger partial charge on any atom is 0.257 e. The van der Waals surface area contributed by atoms with Crippen LogP contribution in [-0.4, -0.2) is 36.0 Å². The van der Waals surface area contributed by atoms with Gasteiger partial charge in [0.1, 0.15) is 6.17 Å². The number of amides is 2. The molecule has 1 N–H and O–H groups in total. The third-order valence-electron chi connectivity index (χ3n) is 5.41. The van der Waals surface area contributed by atoms with Gasteiger partial charge in [-0.25, -0.2) is 0 Å². The minimum absolute atomic E-state index is 0.0563. The summed E-state index contributed by atoms with van der Waals surface area (Å²) in [5.74, 6) is -0.198. The zero-order chi connectivity index (χ0) is 19.8. The molecule has 2 aromatic rings. The quantitative estimate of drug-likeness (QED) is 0.760. The van der Waals surface area contributed by atoms with Gasteiger partial charge in [0.2, 0.25) is 0 Å². The number of carbonyl (C=O) groups is 2. The Morgan fingerprint density at radius 3 is 2.71 bits per heavy atom. The van der Waals surface area contributed by atoms with E-state index in [9.17, 15) is 9.59 Å². The molecule has 2 heterocycles. The Hall–Kier alpha value is -2.24. The summed E-state index contributed by atoms with van der Waals surface area (Å²) >= 11 is 12.0. The van der Waals surface area contributed by atoms with Crippen LogP contribution in [0.1, 0.15) is 46.9 Å². The molecule has 2 aromatic carbocycles. The molecule has 2 aliphatic heterocycles. The fraction of sp³-hybridized carbons (Fsp3) is 0.333. The Kier molecular flexibility index (Phi) is 5.21. The first kappa shape index (κ1) is 19.1. The van der Waals surface area contributed by atoms with Gasteiger partial charge in [-0.05, 0) is 62.6 Å². The number of hydrogen-bond acceptors (Lipinski definition) is 3. The van der Waals surface area contributed by atoms with E-state index in [-0.39, 0.29) is 18.0 Å². The highest BCUT2D eigenvalue weighted by Crippen LogP contribution is 2.36. The van der Waals surface area contributed by atoms with Gasteiger partial charge in [0.05, 0.1) is 21.3 Å². The zero-order valence-electron chi connectivity index (χ0n) is 15.5. The molecule has 0 saturated carbocycles. The Labute approximate surface area is 174 Å². The minimum atomic E-state index is -0.254. The molecule has 0 radical (unpaired) electrons. The highest BCUT2D eigenvalue weighted by atomic mass is 35.5. The van der Waals surface area contributed by atoms with Crippen LogP contribution in [0.3, 0.4) is 0 Å². The second-order valence-electron chi connectivity index (χ2n) is 7.08. The molecule has 0 bridgehead atoms. The second kappa shape index (κ2) is 7.64. The standard InChI is InChI=1S/C21H21Cl2N3O2/c1-2-25-18-11-13(20(27)24-14-7-9-16(22)17(23)12-14)6-8-15(18)21(28)26-10-4-3-5-19(25)26/h6-9,11-12,19H,2-5,10H2,1H3,(H,24,27). The molecule has 0 spiro atoms. The number of nitrogens with one attached hydrogen (secondary N) is 1. The number of anilines is 2. The molecular weight excluding hydrogens is 397 g/mol. The van der Waals surface area contributed by atoms with Gasteiger partial charge in [0.15, 0.2) is 0 Å². The lowest BCUT2D eigenvalue weighted by atomic mass is 9.97. The Bertz CT molecular complexity index is 947. The van der Waals surface area contributed by atoms with Crippen LogP contribution < -0.4 is 10.2 Å².